The highest BCUT2D eigenvalue weighted by Crippen LogP contribution is 2.61. The van der Waals surface area contributed by atoms with Gasteiger partial charge in [0.15, 0.2) is 17.3 Å². The largest absolute Gasteiger partial charge is 0.352 e. The van der Waals surface area contributed by atoms with E-state index in [0.717, 1.165) is 0 Å². The molecule has 0 saturated carbocycles. The van der Waals surface area contributed by atoms with Gasteiger partial charge in [0.2, 0.25) is 0 Å². The van der Waals surface area contributed by atoms with Gasteiger partial charge < -0.3 is 4.90 Å². The smallest absolute Gasteiger partial charge is 0.185 e. The lowest BCUT2D eigenvalue weighted by Gasteiger charge is -2.37. The number of Topliss-reactive ketones (excluding diaryl/α,β-unsaturated/α-hetero) is 3. The van der Waals surface area contributed by atoms with Crippen LogP contribution in [0.25, 0.3) is 6.08 Å². The third kappa shape index (κ3) is 3.34. The second-order valence-electron chi connectivity index (χ2n) is 10.3. The molecule has 7 rings (SSSR count). The zero-order chi connectivity index (χ0) is 27.8. The predicted molar refractivity (Wildman–Crippen MR) is 153 cm³/mol. The van der Waals surface area contributed by atoms with Gasteiger partial charge in [-0.1, -0.05) is 71.8 Å². The number of benzene rings is 4. The minimum Gasteiger partial charge on any atom is -0.352 e. The molecule has 1 saturated heterocycles. The third-order valence-corrected chi connectivity index (χ3v) is 8.90. The molecule has 196 valence electrons. The van der Waals surface area contributed by atoms with Gasteiger partial charge >= 0.3 is 0 Å². The summed E-state index contributed by atoms with van der Waals surface area (Å²) < 4.78 is 14.3. The summed E-state index contributed by atoms with van der Waals surface area (Å²) in [5.41, 5.74) is 1.21. The Morgan fingerprint density at radius 3 is 2.02 bits per heavy atom. The SMILES string of the molecule is O=C(c1ccc(Cl)cc1)[C@H]1[C@H](c2ccc(Cl)cc2)C2(C(=O)c3ccccc3C2=O)[C@H]2C=Cc3cc(F)ccc3N12. The first-order chi connectivity index (χ1) is 19.3. The van der Waals surface area contributed by atoms with Gasteiger partial charge in [-0.25, -0.2) is 4.39 Å². The van der Waals surface area contributed by atoms with Crippen molar-refractivity contribution in [1.29, 1.82) is 0 Å². The molecule has 0 radical (unpaired) electrons. The first kappa shape index (κ1) is 24.9. The molecule has 4 nitrogen and oxygen atoms in total. The Balaban J connectivity index is 1.54. The zero-order valence-electron chi connectivity index (χ0n) is 20.9. The lowest BCUT2D eigenvalue weighted by molar-refractivity contribution is 0.0666. The highest BCUT2D eigenvalue weighted by molar-refractivity contribution is 6.33. The number of hydrogen-bond donors (Lipinski definition) is 0. The Morgan fingerprint density at radius 1 is 0.800 bits per heavy atom. The molecule has 0 aromatic heterocycles. The molecule has 2 heterocycles. The quantitative estimate of drug-likeness (QED) is 0.190. The van der Waals surface area contributed by atoms with Crippen molar-refractivity contribution in [3.63, 3.8) is 0 Å². The van der Waals surface area contributed by atoms with Crippen molar-refractivity contribution >= 4 is 52.3 Å². The number of carbonyl (C=O) groups is 3. The Bertz CT molecular complexity index is 1730. The molecule has 0 amide bonds. The van der Waals surface area contributed by atoms with E-state index in [9.17, 15) is 18.8 Å². The fraction of sp³-hybridized carbons (Fsp3) is 0.121. The average molecular weight is 568 g/mol. The van der Waals surface area contributed by atoms with Gasteiger partial charge in [0, 0.05) is 43.9 Å². The number of nitrogens with zero attached hydrogens (tertiary/aromatic N) is 1. The minimum absolute atomic E-state index is 0.277. The summed E-state index contributed by atoms with van der Waals surface area (Å²) in [4.78, 5) is 45.5. The van der Waals surface area contributed by atoms with Crippen LogP contribution in [0, 0.1) is 11.2 Å². The van der Waals surface area contributed by atoms with Crippen molar-refractivity contribution in [3.05, 3.63) is 141 Å². The van der Waals surface area contributed by atoms with Crippen molar-refractivity contribution in [3.8, 4) is 0 Å². The van der Waals surface area contributed by atoms with Crippen molar-refractivity contribution in [1.82, 2.24) is 0 Å². The minimum atomic E-state index is -1.63. The van der Waals surface area contributed by atoms with Crippen LogP contribution in [0.1, 0.15) is 48.1 Å². The highest BCUT2D eigenvalue weighted by Gasteiger charge is 2.71. The van der Waals surface area contributed by atoms with Gasteiger partial charge in [0.1, 0.15) is 17.3 Å². The van der Waals surface area contributed by atoms with Gasteiger partial charge in [-0.05, 0) is 60.2 Å². The Kier molecular flexibility index (Phi) is 5.60. The van der Waals surface area contributed by atoms with E-state index in [-0.39, 0.29) is 17.3 Å². The number of hydrogen-bond acceptors (Lipinski definition) is 4. The standard InChI is InChI=1S/C33H20Cl2FNO3/c34-21-10-5-18(6-11-21)28-29(30(38)19-7-12-22(35)13-8-19)37-26-15-14-23(36)17-20(26)9-16-27(37)33(28)31(39)24-3-1-2-4-25(24)32(33)40/h1-17,27-29H/t27-,28+,29-/m1/s1. The van der Waals surface area contributed by atoms with Crippen LogP contribution in [0.15, 0.2) is 97.1 Å². The number of anilines is 1. The zero-order valence-corrected chi connectivity index (χ0v) is 22.4. The summed E-state index contributed by atoms with van der Waals surface area (Å²) in [6.07, 6.45) is 3.50. The van der Waals surface area contributed by atoms with Crippen LogP contribution in [-0.4, -0.2) is 29.4 Å². The number of halogens is 3. The summed E-state index contributed by atoms with van der Waals surface area (Å²) in [5, 5.41) is 0.965. The molecule has 3 aliphatic rings. The van der Waals surface area contributed by atoms with E-state index >= 15 is 0 Å². The van der Waals surface area contributed by atoms with Gasteiger partial charge in [-0.2, -0.15) is 0 Å². The number of ketones is 3. The van der Waals surface area contributed by atoms with Gasteiger partial charge in [0.25, 0.3) is 0 Å². The van der Waals surface area contributed by atoms with Crippen LogP contribution in [0.2, 0.25) is 10.0 Å². The number of rotatable bonds is 3. The van der Waals surface area contributed by atoms with Crippen LogP contribution in [0.4, 0.5) is 10.1 Å². The van der Waals surface area contributed by atoms with E-state index in [1.807, 2.05) is 4.90 Å². The number of carbonyl (C=O) groups excluding carboxylic acids is 3. The second-order valence-corrected chi connectivity index (χ2v) is 11.2. The molecular weight excluding hydrogens is 548 g/mol. The van der Waals surface area contributed by atoms with E-state index in [1.165, 1.54) is 12.1 Å². The molecule has 1 aliphatic carbocycles. The maximum Gasteiger partial charge on any atom is 0.185 e. The Hall–Kier alpha value is -4.06. The van der Waals surface area contributed by atoms with Crippen LogP contribution in [0.3, 0.4) is 0 Å². The fourth-order valence-electron chi connectivity index (χ4n) is 6.78. The van der Waals surface area contributed by atoms with Crippen molar-refractivity contribution in [2.75, 3.05) is 4.90 Å². The summed E-state index contributed by atoms with van der Waals surface area (Å²) in [7, 11) is 0. The molecule has 0 N–H and O–H groups in total. The Morgan fingerprint density at radius 2 is 1.40 bits per heavy atom. The van der Waals surface area contributed by atoms with Gasteiger partial charge in [0.05, 0.1) is 6.04 Å². The van der Waals surface area contributed by atoms with Crippen molar-refractivity contribution in [2.24, 2.45) is 5.41 Å². The van der Waals surface area contributed by atoms with Gasteiger partial charge in [-0.15, -0.1) is 0 Å². The van der Waals surface area contributed by atoms with Crippen molar-refractivity contribution < 1.29 is 18.8 Å². The third-order valence-electron chi connectivity index (χ3n) is 8.39. The maximum absolute atomic E-state index is 14.6. The van der Waals surface area contributed by atoms with E-state index in [4.69, 9.17) is 23.2 Å². The highest BCUT2D eigenvalue weighted by atomic mass is 35.5. The van der Waals surface area contributed by atoms with Crippen LogP contribution in [0.5, 0.6) is 0 Å². The fourth-order valence-corrected chi connectivity index (χ4v) is 7.03. The topological polar surface area (TPSA) is 54.5 Å². The maximum atomic E-state index is 14.6. The van der Waals surface area contributed by atoms with Crippen molar-refractivity contribution in [2.45, 2.75) is 18.0 Å². The van der Waals surface area contributed by atoms with E-state index in [2.05, 4.69) is 0 Å². The molecule has 3 atom stereocenters. The summed E-state index contributed by atoms with van der Waals surface area (Å²) >= 11 is 12.4. The second kappa shape index (κ2) is 8.98. The molecule has 2 aliphatic heterocycles. The molecule has 1 spiro atoms. The molecule has 4 aromatic rings. The molecule has 40 heavy (non-hydrogen) atoms. The average Bonchev–Trinajstić information content (AvgIpc) is 3.39. The Labute approximate surface area is 239 Å². The normalized spacial score (nSPS) is 21.9. The predicted octanol–water partition coefficient (Wildman–Crippen LogP) is 7.45. The summed E-state index contributed by atoms with van der Waals surface area (Å²) in [5.74, 6) is -2.23. The van der Waals surface area contributed by atoms with Gasteiger partial charge in [-0.3, -0.25) is 14.4 Å². The molecular formula is C33H20Cl2FNO3. The van der Waals surface area contributed by atoms with Crippen LogP contribution >= 0.6 is 23.2 Å². The summed E-state index contributed by atoms with van der Waals surface area (Å²) in [6.45, 7) is 0. The molecule has 0 unspecified atom stereocenters. The molecule has 7 heteroatoms. The summed E-state index contributed by atoms with van der Waals surface area (Å²) in [6, 6.07) is 22.9. The van der Waals surface area contributed by atoms with Crippen LogP contribution in [-0.2, 0) is 0 Å². The monoisotopic (exact) mass is 567 g/mol. The van der Waals surface area contributed by atoms with E-state index < -0.39 is 29.2 Å². The number of fused-ring (bicyclic) bond motifs is 5. The van der Waals surface area contributed by atoms with E-state index in [0.29, 0.717) is 43.5 Å². The first-order valence-electron chi connectivity index (χ1n) is 12.8. The lowest BCUT2D eigenvalue weighted by atomic mass is 9.64. The van der Waals surface area contributed by atoms with E-state index in [1.54, 1.807) is 91.0 Å². The van der Waals surface area contributed by atoms with Crippen LogP contribution < -0.4 is 4.90 Å². The first-order valence-corrected chi connectivity index (χ1v) is 13.6. The molecule has 1 fully saturated rings. The lowest BCUT2D eigenvalue weighted by Crippen LogP contribution is -2.48. The molecule has 0 bridgehead atoms. The molecule has 4 aromatic carbocycles.